The van der Waals surface area contributed by atoms with E-state index in [9.17, 15) is 14.0 Å². The van der Waals surface area contributed by atoms with Gasteiger partial charge in [-0.1, -0.05) is 0 Å². The van der Waals surface area contributed by atoms with Gasteiger partial charge >= 0.3 is 5.97 Å². The molecule has 2 heterocycles. The fraction of sp³-hybridized carbons (Fsp3) is 0.450. The Kier molecular flexibility index (Phi) is 4.82. The zero-order valence-electron chi connectivity index (χ0n) is 15.7. The molecule has 2 aromatic rings. The molecular formula is C20H22F2N3O3. The largest absolute Gasteiger partial charge is 0.462 e. The van der Waals surface area contributed by atoms with Crippen molar-refractivity contribution in [2.45, 2.75) is 25.8 Å². The summed E-state index contributed by atoms with van der Waals surface area (Å²) >= 11 is 0. The van der Waals surface area contributed by atoms with Crippen molar-refractivity contribution in [3.05, 3.63) is 46.7 Å². The highest BCUT2D eigenvalue weighted by Crippen LogP contribution is 2.39. The number of rotatable bonds is 4. The Morgan fingerprint density at radius 1 is 1.25 bits per heavy atom. The predicted octanol–water partition coefficient (Wildman–Crippen LogP) is 2.70. The molecule has 1 aliphatic carbocycles. The first-order valence-electron chi connectivity index (χ1n) is 9.46. The van der Waals surface area contributed by atoms with Crippen LogP contribution in [0.2, 0.25) is 0 Å². The molecule has 0 spiro atoms. The van der Waals surface area contributed by atoms with Gasteiger partial charge in [0.25, 0.3) is 0 Å². The first-order valence-corrected chi connectivity index (χ1v) is 9.46. The first-order chi connectivity index (χ1) is 13.4. The highest BCUT2D eigenvalue weighted by atomic mass is 19.1. The molecule has 28 heavy (non-hydrogen) atoms. The van der Waals surface area contributed by atoms with Crippen LogP contribution in [0.1, 0.15) is 36.2 Å². The fourth-order valence-electron chi connectivity index (χ4n) is 3.69. The Hall–Kier alpha value is -2.48. The quantitative estimate of drug-likeness (QED) is 0.752. The van der Waals surface area contributed by atoms with Gasteiger partial charge in [0.2, 0.25) is 5.43 Å². The summed E-state index contributed by atoms with van der Waals surface area (Å²) in [5, 5.41) is -0.132. The number of fused-ring (bicyclic) bond motifs is 1. The molecule has 1 saturated heterocycles. The number of hydrogen-bond donors (Lipinski definition) is 0. The molecule has 1 aromatic heterocycles. The molecule has 8 heteroatoms. The van der Waals surface area contributed by atoms with E-state index >= 15 is 4.39 Å². The maximum atomic E-state index is 15.5. The third-order valence-corrected chi connectivity index (χ3v) is 5.31. The summed E-state index contributed by atoms with van der Waals surface area (Å²) in [6.45, 7) is 3.81. The summed E-state index contributed by atoms with van der Waals surface area (Å²) in [4.78, 5) is 28.5. The minimum atomic E-state index is -0.803. The molecule has 0 amide bonds. The summed E-state index contributed by atoms with van der Waals surface area (Å²) in [6.07, 6.45) is 2.98. The van der Waals surface area contributed by atoms with Crippen molar-refractivity contribution in [3.8, 4) is 0 Å². The highest BCUT2D eigenvalue weighted by molar-refractivity contribution is 5.95. The molecular weight excluding hydrogens is 368 g/mol. The van der Waals surface area contributed by atoms with Crippen LogP contribution in [0.3, 0.4) is 0 Å². The van der Waals surface area contributed by atoms with E-state index in [-0.39, 0.29) is 34.8 Å². The van der Waals surface area contributed by atoms with E-state index in [0.29, 0.717) is 26.2 Å². The van der Waals surface area contributed by atoms with Crippen LogP contribution in [0.4, 0.5) is 14.5 Å². The Labute approximate surface area is 161 Å². The van der Waals surface area contributed by atoms with Crippen LogP contribution in [-0.4, -0.2) is 48.2 Å². The van der Waals surface area contributed by atoms with Crippen LogP contribution in [0.5, 0.6) is 0 Å². The number of pyridine rings is 1. The van der Waals surface area contributed by atoms with Gasteiger partial charge in [-0.05, 0) is 25.8 Å². The van der Waals surface area contributed by atoms with Crippen molar-refractivity contribution < 1.29 is 18.3 Å². The molecule has 0 unspecified atom stereocenters. The number of esters is 1. The van der Waals surface area contributed by atoms with Crippen LogP contribution in [0, 0.1) is 18.7 Å². The minimum Gasteiger partial charge on any atom is -0.462 e. The van der Waals surface area contributed by atoms with Gasteiger partial charge in [0.15, 0.2) is 5.82 Å². The second kappa shape index (κ2) is 7.16. The van der Waals surface area contributed by atoms with Gasteiger partial charge in [-0.3, -0.25) is 9.69 Å². The van der Waals surface area contributed by atoms with Crippen LogP contribution in [0.25, 0.3) is 10.9 Å². The lowest BCUT2D eigenvalue weighted by Gasteiger charge is -2.34. The number of ether oxygens (including phenoxy) is 1. The second-order valence-electron chi connectivity index (χ2n) is 7.25. The van der Waals surface area contributed by atoms with E-state index in [1.807, 2.05) is 4.90 Å². The van der Waals surface area contributed by atoms with Crippen LogP contribution in [-0.2, 0) is 4.74 Å². The van der Waals surface area contributed by atoms with Gasteiger partial charge in [0.1, 0.15) is 17.1 Å². The number of carbonyl (C=O) groups is 1. The first kappa shape index (κ1) is 18.9. The Morgan fingerprint density at radius 3 is 2.54 bits per heavy atom. The summed E-state index contributed by atoms with van der Waals surface area (Å²) in [5.41, 5.74) is -0.983. The number of anilines is 1. The van der Waals surface area contributed by atoms with Crippen LogP contribution < -0.4 is 10.3 Å². The van der Waals surface area contributed by atoms with E-state index in [1.54, 1.807) is 16.4 Å². The molecule has 1 aliphatic heterocycles. The SMILES string of the molecule is [CH2]N1CCN(c2c(F)cc3c(=O)c(C(=O)OCC)cn(C4CC4)c3c2F)CC1. The smallest absolute Gasteiger partial charge is 0.343 e. The predicted molar refractivity (Wildman–Crippen MR) is 101 cm³/mol. The van der Waals surface area contributed by atoms with Crippen molar-refractivity contribution in [1.82, 2.24) is 9.47 Å². The Balaban J connectivity index is 1.92. The van der Waals surface area contributed by atoms with Gasteiger partial charge in [0, 0.05) is 45.5 Å². The Bertz CT molecular complexity index is 993. The lowest BCUT2D eigenvalue weighted by Crippen LogP contribution is -2.44. The second-order valence-corrected chi connectivity index (χ2v) is 7.25. The normalized spacial score (nSPS) is 17.9. The van der Waals surface area contributed by atoms with Crippen LogP contribution >= 0.6 is 0 Å². The molecule has 0 atom stereocenters. The van der Waals surface area contributed by atoms with Crippen molar-refractivity contribution in [2.24, 2.45) is 0 Å². The number of hydrogen-bond acceptors (Lipinski definition) is 5. The zero-order valence-corrected chi connectivity index (χ0v) is 15.7. The molecule has 1 radical (unpaired) electrons. The van der Waals surface area contributed by atoms with E-state index < -0.39 is 23.0 Å². The molecule has 149 valence electrons. The number of piperazine rings is 1. The van der Waals surface area contributed by atoms with Gasteiger partial charge in [-0.25, -0.2) is 13.6 Å². The summed E-state index contributed by atoms with van der Waals surface area (Å²) < 4.78 is 37.0. The van der Waals surface area contributed by atoms with Gasteiger partial charge in [0.05, 0.1) is 17.5 Å². The van der Waals surface area contributed by atoms with E-state index in [1.165, 1.54) is 6.20 Å². The number of benzene rings is 1. The monoisotopic (exact) mass is 390 g/mol. The van der Waals surface area contributed by atoms with Crippen LogP contribution in [0.15, 0.2) is 17.1 Å². The number of nitrogens with zero attached hydrogens (tertiary/aromatic N) is 3. The van der Waals surface area contributed by atoms with E-state index in [4.69, 9.17) is 4.74 Å². The number of aromatic nitrogens is 1. The zero-order chi connectivity index (χ0) is 20.0. The third kappa shape index (κ3) is 3.15. The summed E-state index contributed by atoms with van der Waals surface area (Å²) in [6, 6.07) is 1.04. The maximum absolute atomic E-state index is 15.5. The minimum absolute atomic E-state index is 0.0132. The van der Waals surface area contributed by atoms with Crippen molar-refractivity contribution in [2.75, 3.05) is 37.7 Å². The molecule has 2 aliphatic rings. The van der Waals surface area contributed by atoms with Gasteiger partial charge < -0.3 is 14.2 Å². The third-order valence-electron chi connectivity index (χ3n) is 5.31. The lowest BCUT2D eigenvalue weighted by molar-refractivity contribution is 0.0524. The average molecular weight is 390 g/mol. The van der Waals surface area contributed by atoms with Crippen molar-refractivity contribution in [1.29, 1.82) is 0 Å². The number of carbonyl (C=O) groups excluding carboxylic acids is 1. The van der Waals surface area contributed by atoms with Gasteiger partial charge in [-0.15, -0.1) is 0 Å². The maximum Gasteiger partial charge on any atom is 0.343 e. The standard InChI is InChI=1S/C20H22F2N3O3/c1-3-28-20(27)14-11-25(12-4-5-12)17-13(19(14)26)10-15(21)18(16(17)22)24-8-6-23(2)7-9-24/h10-12H,2-9H2,1H3. The lowest BCUT2D eigenvalue weighted by atomic mass is 10.1. The average Bonchev–Trinajstić information content (AvgIpc) is 3.49. The van der Waals surface area contributed by atoms with Crippen molar-refractivity contribution >= 4 is 22.6 Å². The molecule has 6 nitrogen and oxygen atoms in total. The summed E-state index contributed by atoms with van der Waals surface area (Å²) in [7, 11) is 3.85. The molecule has 1 saturated carbocycles. The summed E-state index contributed by atoms with van der Waals surface area (Å²) in [5.74, 6) is -2.34. The molecule has 0 N–H and O–H groups in total. The highest BCUT2D eigenvalue weighted by Gasteiger charge is 2.31. The fourth-order valence-corrected chi connectivity index (χ4v) is 3.69. The molecule has 2 fully saturated rings. The molecule has 4 rings (SSSR count). The molecule has 1 aromatic carbocycles. The van der Waals surface area contributed by atoms with Gasteiger partial charge in [-0.2, -0.15) is 0 Å². The Morgan fingerprint density at radius 2 is 1.93 bits per heavy atom. The molecule has 0 bridgehead atoms. The topological polar surface area (TPSA) is 54.8 Å². The van der Waals surface area contributed by atoms with E-state index in [0.717, 1.165) is 18.9 Å². The number of halogens is 2. The van der Waals surface area contributed by atoms with E-state index in [2.05, 4.69) is 7.05 Å². The van der Waals surface area contributed by atoms with Crippen molar-refractivity contribution in [3.63, 3.8) is 0 Å².